The molecule has 0 bridgehead atoms. The number of para-hydroxylation sites is 1. The molecule has 27 heavy (non-hydrogen) atoms. The molecule has 4 rings (SSSR count). The maximum atomic E-state index is 12.4. The molecule has 0 atom stereocenters. The number of hydrogen-bond acceptors (Lipinski definition) is 6. The summed E-state index contributed by atoms with van der Waals surface area (Å²) >= 11 is 1.76. The van der Waals surface area contributed by atoms with E-state index in [1.54, 1.807) is 35.6 Å². The van der Waals surface area contributed by atoms with Gasteiger partial charge in [0.15, 0.2) is 9.84 Å². The molecule has 7 heteroatoms. The predicted octanol–water partition coefficient (Wildman–Crippen LogP) is 2.89. The van der Waals surface area contributed by atoms with Gasteiger partial charge in [-0.1, -0.05) is 30.3 Å². The molecule has 1 saturated heterocycles. The highest BCUT2D eigenvalue weighted by molar-refractivity contribution is 7.91. The molecule has 1 aromatic heterocycles. The van der Waals surface area contributed by atoms with Crippen LogP contribution in [0.5, 0.6) is 0 Å². The SMILES string of the molecule is O=S(=O)(CCN1CCN(Cc2nc3ccccc3s2)CC1)c1ccccc1. The van der Waals surface area contributed by atoms with Gasteiger partial charge >= 0.3 is 0 Å². The average molecular weight is 402 g/mol. The van der Waals surface area contributed by atoms with Gasteiger partial charge in [0.2, 0.25) is 0 Å². The Morgan fingerprint density at radius 3 is 2.30 bits per heavy atom. The van der Waals surface area contributed by atoms with Crippen LogP contribution < -0.4 is 0 Å². The Hall–Kier alpha value is -1.80. The molecule has 1 fully saturated rings. The van der Waals surface area contributed by atoms with Crippen LogP contribution in [0, 0.1) is 0 Å². The molecule has 0 saturated carbocycles. The van der Waals surface area contributed by atoms with E-state index in [-0.39, 0.29) is 5.75 Å². The normalized spacial score (nSPS) is 16.7. The number of piperazine rings is 1. The molecular formula is C20H23N3O2S2. The predicted molar refractivity (Wildman–Crippen MR) is 110 cm³/mol. The summed E-state index contributed by atoms with van der Waals surface area (Å²) in [5.74, 6) is 0.175. The van der Waals surface area contributed by atoms with Crippen LogP contribution in [-0.4, -0.2) is 61.7 Å². The topological polar surface area (TPSA) is 53.5 Å². The second-order valence-electron chi connectivity index (χ2n) is 6.83. The highest BCUT2D eigenvalue weighted by Crippen LogP contribution is 2.23. The van der Waals surface area contributed by atoms with E-state index in [1.807, 2.05) is 18.2 Å². The molecule has 2 aromatic carbocycles. The van der Waals surface area contributed by atoms with E-state index in [1.165, 1.54) is 4.70 Å². The van der Waals surface area contributed by atoms with Gasteiger partial charge in [-0.15, -0.1) is 11.3 Å². The van der Waals surface area contributed by atoms with E-state index in [4.69, 9.17) is 4.98 Å². The highest BCUT2D eigenvalue weighted by Gasteiger charge is 2.21. The second-order valence-corrected chi connectivity index (χ2v) is 10.0. The summed E-state index contributed by atoms with van der Waals surface area (Å²) in [4.78, 5) is 9.78. The van der Waals surface area contributed by atoms with E-state index in [0.29, 0.717) is 11.4 Å². The minimum Gasteiger partial charge on any atom is -0.300 e. The van der Waals surface area contributed by atoms with Gasteiger partial charge in [-0.05, 0) is 24.3 Å². The third-order valence-corrected chi connectivity index (χ3v) is 7.67. The van der Waals surface area contributed by atoms with Gasteiger partial charge in [-0.3, -0.25) is 9.80 Å². The Morgan fingerprint density at radius 2 is 1.56 bits per heavy atom. The van der Waals surface area contributed by atoms with E-state index < -0.39 is 9.84 Å². The van der Waals surface area contributed by atoms with E-state index in [2.05, 4.69) is 21.9 Å². The number of hydrogen-bond donors (Lipinski definition) is 0. The molecule has 3 aromatic rings. The summed E-state index contributed by atoms with van der Waals surface area (Å²) in [5, 5.41) is 1.15. The number of benzene rings is 2. The van der Waals surface area contributed by atoms with Crippen molar-refractivity contribution in [1.82, 2.24) is 14.8 Å². The Bertz CT molecular complexity index is 961. The minimum absolute atomic E-state index is 0.175. The van der Waals surface area contributed by atoms with Crippen LogP contribution in [0.15, 0.2) is 59.5 Å². The van der Waals surface area contributed by atoms with Gasteiger partial charge in [0, 0.05) is 32.7 Å². The van der Waals surface area contributed by atoms with Crippen LogP contribution in [0.2, 0.25) is 0 Å². The molecule has 0 spiro atoms. The molecule has 0 aliphatic carbocycles. The lowest BCUT2D eigenvalue weighted by Gasteiger charge is -2.34. The maximum Gasteiger partial charge on any atom is 0.179 e. The van der Waals surface area contributed by atoms with Gasteiger partial charge in [0.25, 0.3) is 0 Å². The van der Waals surface area contributed by atoms with Gasteiger partial charge in [-0.25, -0.2) is 13.4 Å². The van der Waals surface area contributed by atoms with Crippen LogP contribution >= 0.6 is 11.3 Å². The number of aromatic nitrogens is 1. The lowest BCUT2D eigenvalue weighted by Crippen LogP contribution is -2.47. The van der Waals surface area contributed by atoms with Crippen molar-refractivity contribution < 1.29 is 8.42 Å². The number of sulfone groups is 1. The molecule has 1 aliphatic heterocycles. The van der Waals surface area contributed by atoms with Crippen LogP contribution in [0.1, 0.15) is 5.01 Å². The zero-order valence-corrected chi connectivity index (χ0v) is 16.8. The third kappa shape index (κ3) is 4.55. The zero-order chi connectivity index (χ0) is 18.7. The lowest BCUT2D eigenvalue weighted by atomic mass is 10.3. The fourth-order valence-corrected chi connectivity index (χ4v) is 5.66. The molecule has 142 valence electrons. The van der Waals surface area contributed by atoms with Gasteiger partial charge in [0.1, 0.15) is 5.01 Å². The number of fused-ring (bicyclic) bond motifs is 1. The molecule has 0 unspecified atom stereocenters. The lowest BCUT2D eigenvalue weighted by molar-refractivity contribution is 0.132. The molecule has 2 heterocycles. The minimum atomic E-state index is -3.20. The summed E-state index contributed by atoms with van der Waals surface area (Å²) in [7, 11) is -3.20. The fourth-order valence-electron chi connectivity index (χ4n) is 3.34. The van der Waals surface area contributed by atoms with Crippen molar-refractivity contribution in [3.8, 4) is 0 Å². The highest BCUT2D eigenvalue weighted by atomic mass is 32.2. The first-order valence-electron chi connectivity index (χ1n) is 9.17. The molecule has 5 nitrogen and oxygen atoms in total. The van der Waals surface area contributed by atoms with Crippen LogP contribution in [0.3, 0.4) is 0 Å². The number of rotatable bonds is 6. The van der Waals surface area contributed by atoms with Crippen LogP contribution in [0.4, 0.5) is 0 Å². The van der Waals surface area contributed by atoms with Crippen LogP contribution in [-0.2, 0) is 16.4 Å². The van der Waals surface area contributed by atoms with Crippen LogP contribution in [0.25, 0.3) is 10.2 Å². The Kier molecular flexibility index (Phi) is 5.54. The Labute approximate surface area is 164 Å². The molecule has 0 amide bonds. The van der Waals surface area contributed by atoms with Gasteiger partial charge in [0.05, 0.1) is 27.4 Å². The summed E-state index contributed by atoms with van der Waals surface area (Å²) in [6, 6.07) is 17.0. The van der Waals surface area contributed by atoms with Crippen molar-refractivity contribution in [2.75, 3.05) is 38.5 Å². The van der Waals surface area contributed by atoms with Gasteiger partial charge in [-0.2, -0.15) is 0 Å². The van der Waals surface area contributed by atoms with E-state index in [9.17, 15) is 8.42 Å². The average Bonchev–Trinajstić information content (AvgIpc) is 3.10. The number of thiazole rings is 1. The monoisotopic (exact) mass is 401 g/mol. The first kappa shape index (κ1) is 18.6. The zero-order valence-electron chi connectivity index (χ0n) is 15.1. The molecule has 0 radical (unpaired) electrons. The largest absolute Gasteiger partial charge is 0.300 e. The van der Waals surface area contributed by atoms with Crippen molar-refractivity contribution >= 4 is 31.4 Å². The van der Waals surface area contributed by atoms with Crippen molar-refractivity contribution in [3.63, 3.8) is 0 Å². The second kappa shape index (κ2) is 8.06. The van der Waals surface area contributed by atoms with Crippen molar-refractivity contribution in [2.24, 2.45) is 0 Å². The molecule has 1 aliphatic rings. The van der Waals surface area contributed by atoms with Gasteiger partial charge < -0.3 is 0 Å². The smallest absolute Gasteiger partial charge is 0.179 e. The summed E-state index contributed by atoms with van der Waals surface area (Å²) < 4.78 is 26.1. The molecule has 0 N–H and O–H groups in total. The Morgan fingerprint density at radius 1 is 0.889 bits per heavy atom. The summed E-state index contributed by atoms with van der Waals surface area (Å²) in [6.45, 7) is 5.15. The number of nitrogens with zero attached hydrogens (tertiary/aromatic N) is 3. The summed E-state index contributed by atoms with van der Waals surface area (Å²) in [6.07, 6.45) is 0. The Balaban J connectivity index is 1.27. The van der Waals surface area contributed by atoms with E-state index in [0.717, 1.165) is 43.2 Å². The quantitative estimate of drug-likeness (QED) is 0.636. The fraction of sp³-hybridized carbons (Fsp3) is 0.350. The summed E-state index contributed by atoms with van der Waals surface area (Å²) in [5.41, 5.74) is 1.07. The first-order valence-corrected chi connectivity index (χ1v) is 11.6. The maximum absolute atomic E-state index is 12.4. The van der Waals surface area contributed by atoms with Crippen molar-refractivity contribution in [2.45, 2.75) is 11.4 Å². The van der Waals surface area contributed by atoms with Crippen molar-refractivity contribution in [3.05, 3.63) is 59.6 Å². The first-order chi connectivity index (χ1) is 13.1. The molecular weight excluding hydrogens is 378 g/mol. The van der Waals surface area contributed by atoms with Crippen molar-refractivity contribution in [1.29, 1.82) is 0 Å². The van der Waals surface area contributed by atoms with E-state index >= 15 is 0 Å². The standard InChI is InChI=1S/C20H23N3O2S2/c24-27(25,17-6-2-1-3-7-17)15-14-22-10-12-23(13-11-22)16-20-21-18-8-4-5-9-19(18)26-20/h1-9H,10-16H2. The third-order valence-electron chi connectivity index (χ3n) is 4.94.